The lowest BCUT2D eigenvalue weighted by Gasteiger charge is -2.01. The molecule has 136 valence electrons. The zero-order valence-electron chi connectivity index (χ0n) is 14.7. The molecule has 0 fully saturated rings. The number of amides is 1. The first kappa shape index (κ1) is 17.6. The van der Waals surface area contributed by atoms with Crippen LogP contribution in [-0.4, -0.2) is 20.4 Å². The number of thiazole rings is 1. The molecule has 0 atom stereocenters. The molecule has 1 amide bonds. The van der Waals surface area contributed by atoms with Gasteiger partial charge in [0.15, 0.2) is 5.13 Å². The summed E-state index contributed by atoms with van der Waals surface area (Å²) in [5.74, 6) is -0.271. The van der Waals surface area contributed by atoms with Gasteiger partial charge >= 0.3 is 0 Å². The van der Waals surface area contributed by atoms with Gasteiger partial charge in [-0.05, 0) is 19.4 Å². The van der Waals surface area contributed by atoms with Gasteiger partial charge in [-0.2, -0.15) is 0 Å². The van der Waals surface area contributed by atoms with Crippen molar-refractivity contribution in [2.24, 2.45) is 0 Å². The molecular formula is C19H16N4O2S2. The molecule has 4 rings (SSSR count). The summed E-state index contributed by atoms with van der Waals surface area (Å²) in [6.45, 7) is 4.21. The molecule has 6 nitrogen and oxygen atoms in total. The van der Waals surface area contributed by atoms with E-state index in [1.807, 2.05) is 42.6 Å². The van der Waals surface area contributed by atoms with Gasteiger partial charge in [0.25, 0.3) is 11.5 Å². The van der Waals surface area contributed by atoms with Crippen LogP contribution < -0.4 is 10.9 Å². The van der Waals surface area contributed by atoms with Crippen molar-refractivity contribution in [2.75, 3.05) is 5.32 Å². The fourth-order valence-corrected chi connectivity index (χ4v) is 4.58. The van der Waals surface area contributed by atoms with E-state index in [1.54, 1.807) is 6.92 Å². The lowest BCUT2D eigenvalue weighted by Crippen LogP contribution is -2.19. The standard InChI is InChI=1S/C19H16N4O2S2/c1-3-23-10-20-17-14(18(23)25)11(2)15(27-17)16(24)22-19-21-13(9-26-19)12-7-5-4-6-8-12/h4-10H,3H2,1-2H3,(H,21,22,24). The van der Waals surface area contributed by atoms with E-state index < -0.39 is 0 Å². The average Bonchev–Trinajstić information content (AvgIpc) is 3.28. The van der Waals surface area contributed by atoms with Gasteiger partial charge in [-0.1, -0.05) is 30.3 Å². The third-order valence-corrected chi connectivity index (χ3v) is 6.21. The second kappa shape index (κ2) is 7.05. The molecule has 3 aromatic heterocycles. The summed E-state index contributed by atoms with van der Waals surface area (Å²) in [6.07, 6.45) is 1.52. The Morgan fingerprint density at radius 2 is 2.04 bits per heavy atom. The van der Waals surface area contributed by atoms with Gasteiger partial charge < -0.3 is 0 Å². The van der Waals surface area contributed by atoms with E-state index in [-0.39, 0.29) is 11.5 Å². The first-order chi connectivity index (χ1) is 13.1. The summed E-state index contributed by atoms with van der Waals surface area (Å²) >= 11 is 2.60. The van der Waals surface area contributed by atoms with Gasteiger partial charge in [-0.25, -0.2) is 9.97 Å². The number of fused-ring (bicyclic) bond motifs is 1. The molecule has 0 spiro atoms. The van der Waals surface area contributed by atoms with Gasteiger partial charge in [0, 0.05) is 17.5 Å². The third kappa shape index (κ3) is 3.17. The Morgan fingerprint density at radius 3 is 2.78 bits per heavy atom. The smallest absolute Gasteiger partial charge is 0.267 e. The molecule has 0 aliphatic rings. The van der Waals surface area contributed by atoms with Crippen molar-refractivity contribution in [1.82, 2.24) is 14.5 Å². The van der Waals surface area contributed by atoms with Crippen molar-refractivity contribution in [3.05, 3.63) is 62.8 Å². The minimum Gasteiger partial charge on any atom is -0.299 e. The summed E-state index contributed by atoms with van der Waals surface area (Å²) in [5, 5.41) is 5.78. The predicted octanol–water partition coefficient (Wildman–Crippen LogP) is 4.16. The highest BCUT2D eigenvalue weighted by Gasteiger charge is 2.20. The molecule has 8 heteroatoms. The quantitative estimate of drug-likeness (QED) is 0.562. The van der Waals surface area contributed by atoms with Gasteiger partial charge in [-0.3, -0.25) is 19.5 Å². The molecule has 27 heavy (non-hydrogen) atoms. The van der Waals surface area contributed by atoms with Crippen LogP contribution in [0.1, 0.15) is 22.2 Å². The molecule has 0 aliphatic carbocycles. The van der Waals surface area contributed by atoms with Crippen LogP contribution in [0.3, 0.4) is 0 Å². The van der Waals surface area contributed by atoms with Crippen LogP contribution in [0.15, 0.2) is 46.8 Å². The number of rotatable bonds is 4. The highest BCUT2D eigenvalue weighted by molar-refractivity contribution is 7.21. The van der Waals surface area contributed by atoms with Crippen LogP contribution in [0, 0.1) is 6.92 Å². The molecule has 4 aromatic rings. The molecule has 0 unspecified atom stereocenters. The topological polar surface area (TPSA) is 76.9 Å². The zero-order chi connectivity index (χ0) is 19.0. The minimum atomic E-state index is -0.271. The lowest BCUT2D eigenvalue weighted by molar-refractivity contribution is 0.103. The number of nitrogens with zero attached hydrogens (tertiary/aromatic N) is 3. The van der Waals surface area contributed by atoms with Crippen molar-refractivity contribution in [2.45, 2.75) is 20.4 Å². The highest BCUT2D eigenvalue weighted by Crippen LogP contribution is 2.29. The van der Waals surface area contributed by atoms with Crippen LogP contribution in [0.4, 0.5) is 5.13 Å². The molecule has 3 heterocycles. The third-order valence-electron chi connectivity index (χ3n) is 4.26. The molecule has 0 saturated heterocycles. The van der Waals surface area contributed by atoms with Crippen LogP contribution in [-0.2, 0) is 6.54 Å². The maximum Gasteiger partial charge on any atom is 0.267 e. The number of benzene rings is 1. The monoisotopic (exact) mass is 396 g/mol. The Morgan fingerprint density at radius 1 is 1.26 bits per heavy atom. The van der Waals surface area contributed by atoms with Gasteiger partial charge in [0.05, 0.1) is 22.3 Å². The Kier molecular flexibility index (Phi) is 4.59. The second-order valence-corrected chi connectivity index (χ2v) is 7.79. The number of aromatic nitrogens is 3. The number of carbonyl (C=O) groups excluding carboxylic acids is 1. The maximum absolute atomic E-state index is 12.7. The Labute approximate surface area is 163 Å². The molecular weight excluding hydrogens is 380 g/mol. The van der Waals surface area contributed by atoms with E-state index in [2.05, 4.69) is 15.3 Å². The summed E-state index contributed by atoms with van der Waals surface area (Å²) in [5.41, 5.74) is 2.36. The summed E-state index contributed by atoms with van der Waals surface area (Å²) in [7, 11) is 0. The Balaban J connectivity index is 1.64. The maximum atomic E-state index is 12.7. The van der Waals surface area contributed by atoms with Crippen molar-refractivity contribution in [3.63, 3.8) is 0 Å². The van der Waals surface area contributed by atoms with Crippen molar-refractivity contribution in [3.8, 4) is 11.3 Å². The summed E-state index contributed by atoms with van der Waals surface area (Å²) in [4.78, 5) is 35.1. The second-order valence-electron chi connectivity index (χ2n) is 5.93. The fraction of sp³-hybridized carbons (Fsp3) is 0.158. The number of anilines is 1. The molecule has 0 radical (unpaired) electrons. The van der Waals surface area contributed by atoms with Crippen molar-refractivity contribution in [1.29, 1.82) is 0 Å². The molecule has 1 N–H and O–H groups in total. The molecule has 0 aliphatic heterocycles. The zero-order valence-corrected chi connectivity index (χ0v) is 16.4. The number of carbonyl (C=O) groups is 1. The molecule has 1 aromatic carbocycles. The number of nitrogens with one attached hydrogen (secondary N) is 1. The SMILES string of the molecule is CCn1cnc2sc(C(=O)Nc3nc(-c4ccccc4)cs3)c(C)c2c1=O. The number of aryl methyl sites for hydroxylation is 2. The number of hydrogen-bond acceptors (Lipinski definition) is 6. The first-order valence-corrected chi connectivity index (χ1v) is 10.1. The minimum absolute atomic E-state index is 0.115. The number of thiophene rings is 1. The summed E-state index contributed by atoms with van der Waals surface area (Å²) < 4.78 is 1.54. The first-order valence-electron chi connectivity index (χ1n) is 8.39. The van der Waals surface area contributed by atoms with Crippen molar-refractivity contribution < 1.29 is 4.79 Å². The van der Waals surface area contributed by atoms with E-state index in [0.29, 0.717) is 32.3 Å². The molecule has 0 bridgehead atoms. The lowest BCUT2D eigenvalue weighted by atomic mass is 10.2. The van der Waals surface area contributed by atoms with E-state index in [4.69, 9.17) is 0 Å². The van der Waals surface area contributed by atoms with Gasteiger partial charge in [0.1, 0.15) is 4.83 Å². The Bertz CT molecular complexity index is 1190. The van der Waals surface area contributed by atoms with Crippen LogP contribution in [0.25, 0.3) is 21.5 Å². The van der Waals surface area contributed by atoms with E-state index >= 15 is 0 Å². The normalized spacial score (nSPS) is 11.0. The summed E-state index contributed by atoms with van der Waals surface area (Å²) in [6, 6.07) is 9.79. The van der Waals surface area contributed by atoms with E-state index in [9.17, 15) is 9.59 Å². The average molecular weight is 396 g/mol. The van der Waals surface area contributed by atoms with Gasteiger partial charge in [0.2, 0.25) is 0 Å². The number of hydrogen-bond donors (Lipinski definition) is 1. The molecule has 0 saturated carbocycles. The highest BCUT2D eigenvalue weighted by atomic mass is 32.1. The largest absolute Gasteiger partial charge is 0.299 e. The fourth-order valence-electron chi connectivity index (χ4n) is 2.83. The van der Waals surface area contributed by atoms with Crippen LogP contribution in [0.2, 0.25) is 0 Å². The Hall–Kier alpha value is -2.84. The van der Waals surface area contributed by atoms with E-state index in [1.165, 1.54) is 33.6 Å². The van der Waals surface area contributed by atoms with Crippen LogP contribution >= 0.6 is 22.7 Å². The predicted molar refractivity (Wildman–Crippen MR) is 110 cm³/mol. The van der Waals surface area contributed by atoms with Crippen molar-refractivity contribution >= 4 is 43.9 Å². The van der Waals surface area contributed by atoms with Crippen LogP contribution in [0.5, 0.6) is 0 Å². The van der Waals surface area contributed by atoms with E-state index in [0.717, 1.165) is 11.3 Å². The van der Waals surface area contributed by atoms with Gasteiger partial charge in [-0.15, -0.1) is 22.7 Å².